The van der Waals surface area contributed by atoms with Crippen molar-refractivity contribution >= 4 is 29.1 Å². The zero-order chi connectivity index (χ0) is 18.7. The van der Waals surface area contributed by atoms with E-state index in [4.69, 9.17) is 11.6 Å². The molecule has 136 valence electrons. The smallest absolute Gasteiger partial charge is 0.229 e. The van der Waals surface area contributed by atoms with Gasteiger partial charge in [0.05, 0.1) is 5.92 Å². The summed E-state index contributed by atoms with van der Waals surface area (Å²) in [6.07, 6.45) is 1.00. The molecule has 1 N–H and O–H groups in total. The SMILES string of the molecule is Cc1ccc(NC(=O)C2CC(=O)N(CCc3cccc(Cl)c3)C2)cc1C. The number of halogens is 1. The van der Waals surface area contributed by atoms with E-state index in [0.29, 0.717) is 18.1 Å². The molecule has 1 unspecified atom stereocenters. The highest BCUT2D eigenvalue weighted by Gasteiger charge is 2.34. The minimum absolute atomic E-state index is 0.0345. The Balaban J connectivity index is 1.56. The van der Waals surface area contributed by atoms with Crippen LogP contribution in [0.3, 0.4) is 0 Å². The molecule has 0 aromatic heterocycles. The number of benzene rings is 2. The molecule has 1 fully saturated rings. The summed E-state index contributed by atoms with van der Waals surface area (Å²) >= 11 is 6.00. The third kappa shape index (κ3) is 4.44. The van der Waals surface area contributed by atoms with Crippen molar-refractivity contribution in [1.82, 2.24) is 4.90 Å². The van der Waals surface area contributed by atoms with E-state index in [9.17, 15) is 9.59 Å². The van der Waals surface area contributed by atoms with Crippen LogP contribution in [0.4, 0.5) is 5.69 Å². The van der Waals surface area contributed by atoms with Crippen LogP contribution in [0.1, 0.15) is 23.1 Å². The van der Waals surface area contributed by atoms with Gasteiger partial charge in [-0.25, -0.2) is 0 Å². The molecular weight excluding hydrogens is 348 g/mol. The molecule has 3 rings (SSSR count). The number of likely N-dealkylation sites (tertiary alicyclic amines) is 1. The van der Waals surface area contributed by atoms with Crippen LogP contribution in [-0.2, 0) is 16.0 Å². The lowest BCUT2D eigenvalue weighted by Gasteiger charge is -2.17. The second-order valence-electron chi connectivity index (χ2n) is 6.91. The lowest BCUT2D eigenvalue weighted by atomic mass is 10.1. The van der Waals surface area contributed by atoms with E-state index in [2.05, 4.69) is 5.32 Å². The van der Waals surface area contributed by atoms with Gasteiger partial charge in [-0.2, -0.15) is 0 Å². The number of carbonyl (C=O) groups is 2. The maximum absolute atomic E-state index is 12.5. The number of hydrogen-bond acceptors (Lipinski definition) is 2. The first kappa shape index (κ1) is 18.5. The monoisotopic (exact) mass is 370 g/mol. The molecule has 0 radical (unpaired) electrons. The number of aryl methyl sites for hydroxylation is 2. The number of nitrogens with one attached hydrogen (secondary N) is 1. The molecule has 0 saturated carbocycles. The van der Waals surface area contributed by atoms with E-state index in [1.165, 1.54) is 5.56 Å². The largest absolute Gasteiger partial charge is 0.342 e. The maximum Gasteiger partial charge on any atom is 0.229 e. The van der Waals surface area contributed by atoms with E-state index in [1.54, 1.807) is 4.90 Å². The molecule has 0 aliphatic carbocycles. The van der Waals surface area contributed by atoms with Crippen molar-refractivity contribution in [3.63, 3.8) is 0 Å². The lowest BCUT2D eigenvalue weighted by Crippen LogP contribution is -2.30. The summed E-state index contributed by atoms with van der Waals surface area (Å²) in [6, 6.07) is 13.5. The van der Waals surface area contributed by atoms with Crippen LogP contribution in [-0.4, -0.2) is 29.8 Å². The number of carbonyl (C=O) groups excluding carboxylic acids is 2. The molecule has 0 spiro atoms. The average Bonchev–Trinajstić information content (AvgIpc) is 2.97. The summed E-state index contributed by atoms with van der Waals surface area (Å²) in [5.74, 6) is -0.359. The van der Waals surface area contributed by atoms with Crippen LogP contribution in [0.2, 0.25) is 5.02 Å². The molecule has 2 aromatic carbocycles. The van der Waals surface area contributed by atoms with Gasteiger partial charge in [-0.3, -0.25) is 9.59 Å². The Morgan fingerprint density at radius 1 is 1.19 bits per heavy atom. The van der Waals surface area contributed by atoms with Crippen molar-refractivity contribution in [3.8, 4) is 0 Å². The van der Waals surface area contributed by atoms with Gasteiger partial charge in [0.1, 0.15) is 0 Å². The van der Waals surface area contributed by atoms with Gasteiger partial charge < -0.3 is 10.2 Å². The highest BCUT2D eigenvalue weighted by atomic mass is 35.5. The number of amides is 2. The first-order valence-corrected chi connectivity index (χ1v) is 9.20. The van der Waals surface area contributed by atoms with Crippen molar-refractivity contribution in [3.05, 3.63) is 64.2 Å². The molecule has 0 bridgehead atoms. The molecule has 2 amide bonds. The Kier molecular flexibility index (Phi) is 5.62. The minimum atomic E-state index is -0.302. The Labute approximate surface area is 159 Å². The Bertz CT molecular complexity index is 835. The molecular formula is C21H23ClN2O2. The first-order valence-electron chi connectivity index (χ1n) is 8.82. The quantitative estimate of drug-likeness (QED) is 0.865. The summed E-state index contributed by atoms with van der Waals surface area (Å²) in [4.78, 5) is 26.5. The molecule has 1 saturated heterocycles. The summed E-state index contributed by atoms with van der Waals surface area (Å²) in [7, 11) is 0. The van der Waals surface area contributed by atoms with Crippen LogP contribution >= 0.6 is 11.6 Å². The van der Waals surface area contributed by atoms with Crippen molar-refractivity contribution in [2.24, 2.45) is 5.92 Å². The normalized spacial score (nSPS) is 16.8. The van der Waals surface area contributed by atoms with Crippen molar-refractivity contribution in [1.29, 1.82) is 0 Å². The van der Waals surface area contributed by atoms with Crippen molar-refractivity contribution < 1.29 is 9.59 Å². The van der Waals surface area contributed by atoms with E-state index in [1.807, 2.05) is 56.3 Å². The van der Waals surface area contributed by atoms with E-state index >= 15 is 0 Å². The average molecular weight is 371 g/mol. The number of anilines is 1. The van der Waals surface area contributed by atoms with Gasteiger partial charge in [0.25, 0.3) is 0 Å². The number of nitrogens with zero attached hydrogens (tertiary/aromatic N) is 1. The topological polar surface area (TPSA) is 49.4 Å². The van der Waals surface area contributed by atoms with Gasteiger partial charge >= 0.3 is 0 Å². The number of rotatable bonds is 5. The fourth-order valence-corrected chi connectivity index (χ4v) is 3.40. The predicted octanol–water partition coefficient (Wildman–Crippen LogP) is 3.99. The highest BCUT2D eigenvalue weighted by Crippen LogP contribution is 2.22. The predicted molar refractivity (Wildman–Crippen MR) is 104 cm³/mol. The Morgan fingerprint density at radius 2 is 2.00 bits per heavy atom. The van der Waals surface area contributed by atoms with Crippen molar-refractivity contribution in [2.45, 2.75) is 26.7 Å². The Morgan fingerprint density at radius 3 is 2.73 bits per heavy atom. The molecule has 4 nitrogen and oxygen atoms in total. The van der Waals surface area contributed by atoms with Gasteiger partial charge in [-0.05, 0) is 61.2 Å². The van der Waals surface area contributed by atoms with Crippen LogP contribution in [0.15, 0.2) is 42.5 Å². The van der Waals surface area contributed by atoms with Gasteiger partial charge in [0, 0.05) is 30.2 Å². The summed E-state index contributed by atoms with van der Waals surface area (Å²) in [6.45, 7) is 5.12. The van der Waals surface area contributed by atoms with E-state index < -0.39 is 0 Å². The standard InChI is InChI=1S/C21H23ClN2O2/c1-14-6-7-19(10-15(14)2)23-21(26)17-12-20(25)24(13-17)9-8-16-4-3-5-18(22)11-16/h3-7,10-11,17H,8-9,12-13H2,1-2H3,(H,23,26). The third-order valence-electron chi connectivity index (χ3n) is 4.92. The molecule has 1 atom stereocenters. The molecule has 2 aromatic rings. The minimum Gasteiger partial charge on any atom is -0.342 e. The van der Waals surface area contributed by atoms with E-state index in [-0.39, 0.29) is 24.2 Å². The van der Waals surface area contributed by atoms with Crippen LogP contribution in [0.25, 0.3) is 0 Å². The van der Waals surface area contributed by atoms with Crippen LogP contribution in [0.5, 0.6) is 0 Å². The third-order valence-corrected chi connectivity index (χ3v) is 5.15. The lowest BCUT2D eigenvalue weighted by molar-refractivity contribution is -0.128. The highest BCUT2D eigenvalue weighted by molar-refractivity contribution is 6.30. The fourth-order valence-electron chi connectivity index (χ4n) is 3.18. The summed E-state index contributed by atoms with van der Waals surface area (Å²) in [5, 5.41) is 3.63. The van der Waals surface area contributed by atoms with Gasteiger partial charge in [-0.15, -0.1) is 0 Å². The zero-order valence-electron chi connectivity index (χ0n) is 15.1. The molecule has 1 aliphatic heterocycles. The van der Waals surface area contributed by atoms with Crippen LogP contribution in [0, 0.1) is 19.8 Å². The maximum atomic E-state index is 12.5. The van der Waals surface area contributed by atoms with Gasteiger partial charge in [-0.1, -0.05) is 29.8 Å². The first-order chi connectivity index (χ1) is 12.4. The van der Waals surface area contributed by atoms with E-state index in [0.717, 1.165) is 23.2 Å². The molecule has 1 heterocycles. The van der Waals surface area contributed by atoms with Gasteiger partial charge in [0.2, 0.25) is 11.8 Å². The molecule has 5 heteroatoms. The molecule has 1 aliphatic rings. The summed E-state index contributed by atoms with van der Waals surface area (Å²) in [5.41, 5.74) is 4.19. The Hall–Kier alpha value is -2.33. The number of hydrogen-bond donors (Lipinski definition) is 1. The zero-order valence-corrected chi connectivity index (χ0v) is 15.8. The molecule has 26 heavy (non-hydrogen) atoms. The second-order valence-corrected chi connectivity index (χ2v) is 7.35. The van der Waals surface area contributed by atoms with Crippen molar-refractivity contribution in [2.75, 3.05) is 18.4 Å². The fraction of sp³-hybridized carbons (Fsp3) is 0.333. The van der Waals surface area contributed by atoms with Crippen LogP contribution < -0.4 is 5.32 Å². The van der Waals surface area contributed by atoms with Gasteiger partial charge in [0.15, 0.2) is 0 Å². The summed E-state index contributed by atoms with van der Waals surface area (Å²) < 4.78 is 0. The second kappa shape index (κ2) is 7.92.